The predicted octanol–water partition coefficient (Wildman–Crippen LogP) is 1.48. The first kappa shape index (κ1) is 10.2. The Morgan fingerprint density at radius 3 is 2.77 bits per heavy atom. The molecule has 0 aliphatic heterocycles. The Balaban J connectivity index is 2.93. The minimum absolute atomic E-state index is 0.152. The predicted molar refractivity (Wildman–Crippen MR) is 51.7 cm³/mol. The fourth-order valence-electron chi connectivity index (χ4n) is 1.36. The van der Waals surface area contributed by atoms with Crippen LogP contribution in [0.1, 0.15) is 23.6 Å². The van der Waals surface area contributed by atoms with Crippen molar-refractivity contribution in [1.29, 1.82) is 0 Å². The van der Waals surface area contributed by atoms with Crippen LogP contribution in [-0.2, 0) is 0 Å². The van der Waals surface area contributed by atoms with Crippen molar-refractivity contribution in [2.75, 3.05) is 6.54 Å². The lowest BCUT2D eigenvalue weighted by Gasteiger charge is -2.13. The first-order valence-corrected chi connectivity index (χ1v) is 4.37. The SMILES string of the molecule is Cc1c(F)cccc1[C@@H](N)CCN. The van der Waals surface area contributed by atoms with Crippen molar-refractivity contribution < 1.29 is 4.39 Å². The molecule has 0 aliphatic rings. The molecule has 0 amide bonds. The normalized spacial score (nSPS) is 12.9. The van der Waals surface area contributed by atoms with Crippen molar-refractivity contribution in [3.63, 3.8) is 0 Å². The molecule has 13 heavy (non-hydrogen) atoms. The highest BCUT2D eigenvalue weighted by atomic mass is 19.1. The van der Waals surface area contributed by atoms with E-state index < -0.39 is 0 Å². The van der Waals surface area contributed by atoms with Crippen LogP contribution in [0.3, 0.4) is 0 Å². The highest BCUT2D eigenvalue weighted by Crippen LogP contribution is 2.19. The summed E-state index contributed by atoms with van der Waals surface area (Å²) in [5.41, 5.74) is 12.7. The summed E-state index contributed by atoms with van der Waals surface area (Å²) in [5.74, 6) is -0.204. The second kappa shape index (κ2) is 4.35. The van der Waals surface area contributed by atoms with Crippen molar-refractivity contribution in [3.05, 3.63) is 35.1 Å². The van der Waals surface area contributed by atoms with E-state index in [4.69, 9.17) is 11.5 Å². The minimum Gasteiger partial charge on any atom is -0.330 e. The maximum atomic E-state index is 13.1. The molecule has 1 aromatic carbocycles. The topological polar surface area (TPSA) is 52.0 Å². The molecule has 0 bridgehead atoms. The standard InChI is InChI=1S/C10H15FN2/c1-7-8(10(13)5-6-12)3-2-4-9(7)11/h2-4,10H,5-6,12-13H2,1H3/t10-/m0/s1. The van der Waals surface area contributed by atoms with E-state index in [1.54, 1.807) is 13.0 Å². The number of benzene rings is 1. The third-order valence-electron chi connectivity index (χ3n) is 2.19. The van der Waals surface area contributed by atoms with Crippen LogP contribution in [0.4, 0.5) is 4.39 Å². The van der Waals surface area contributed by atoms with Gasteiger partial charge >= 0.3 is 0 Å². The molecule has 72 valence electrons. The van der Waals surface area contributed by atoms with Gasteiger partial charge in [0.25, 0.3) is 0 Å². The van der Waals surface area contributed by atoms with Gasteiger partial charge in [0.05, 0.1) is 0 Å². The van der Waals surface area contributed by atoms with Gasteiger partial charge in [-0.3, -0.25) is 0 Å². The lowest BCUT2D eigenvalue weighted by molar-refractivity contribution is 0.600. The summed E-state index contributed by atoms with van der Waals surface area (Å²) in [5, 5.41) is 0. The molecule has 2 nitrogen and oxygen atoms in total. The van der Waals surface area contributed by atoms with Crippen LogP contribution in [0.5, 0.6) is 0 Å². The average molecular weight is 182 g/mol. The summed E-state index contributed by atoms with van der Waals surface area (Å²) < 4.78 is 13.1. The van der Waals surface area contributed by atoms with E-state index in [1.165, 1.54) is 6.07 Å². The van der Waals surface area contributed by atoms with Crippen molar-refractivity contribution in [1.82, 2.24) is 0 Å². The van der Waals surface area contributed by atoms with E-state index in [9.17, 15) is 4.39 Å². The molecular formula is C10H15FN2. The summed E-state index contributed by atoms with van der Waals surface area (Å²) in [6.45, 7) is 2.26. The molecule has 0 saturated carbocycles. The highest BCUT2D eigenvalue weighted by molar-refractivity contribution is 5.29. The Morgan fingerprint density at radius 1 is 1.46 bits per heavy atom. The van der Waals surface area contributed by atoms with E-state index in [0.717, 1.165) is 5.56 Å². The van der Waals surface area contributed by atoms with Gasteiger partial charge in [-0.15, -0.1) is 0 Å². The zero-order chi connectivity index (χ0) is 9.84. The van der Waals surface area contributed by atoms with E-state index in [2.05, 4.69) is 0 Å². The Morgan fingerprint density at radius 2 is 2.15 bits per heavy atom. The summed E-state index contributed by atoms with van der Waals surface area (Å²) in [6, 6.07) is 4.81. The van der Waals surface area contributed by atoms with E-state index in [-0.39, 0.29) is 11.9 Å². The summed E-state index contributed by atoms with van der Waals surface area (Å²) in [6.07, 6.45) is 0.685. The van der Waals surface area contributed by atoms with Gasteiger partial charge in [-0.25, -0.2) is 4.39 Å². The second-order valence-corrected chi connectivity index (χ2v) is 3.14. The van der Waals surface area contributed by atoms with Crippen LogP contribution in [0.2, 0.25) is 0 Å². The largest absolute Gasteiger partial charge is 0.330 e. The molecule has 3 heteroatoms. The molecule has 1 rings (SSSR count). The third-order valence-corrected chi connectivity index (χ3v) is 2.19. The van der Waals surface area contributed by atoms with Crippen LogP contribution in [0.25, 0.3) is 0 Å². The second-order valence-electron chi connectivity index (χ2n) is 3.14. The van der Waals surface area contributed by atoms with Gasteiger partial charge in [0, 0.05) is 6.04 Å². The molecule has 4 N–H and O–H groups in total. The Kier molecular flexibility index (Phi) is 3.39. The maximum Gasteiger partial charge on any atom is 0.126 e. The molecule has 0 fully saturated rings. The third kappa shape index (κ3) is 2.26. The molecule has 0 radical (unpaired) electrons. The van der Waals surface area contributed by atoms with Crippen molar-refractivity contribution >= 4 is 0 Å². The fourth-order valence-corrected chi connectivity index (χ4v) is 1.36. The molecule has 1 aromatic rings. The van der Waals surface area contributed by atoms with E-state index in [0.29, 0.717) is 18.5 Å². The molecule has 0 saturated heterocycles. The van der Waals surface area contributed by atoms with Gasteiger partial charge in [-0.05, 0) is 37.1 Å². The van der Waals surface area contributed by atoms with Gasteiger partial charge in [-0.2, -0.15) is 0 Å². The van der Waals surface area contributed by atoms with Gasteiger partial charge in [-0.1, -0.05) is 12.1 Å². The molecule has 1 atom stereocenters. The lowest BCUT2D eigenvalue weighted by atomic mass is 9.99. The van der Waals surface area contributed by atoms with Crippen LogP contribution in [-0.4, -0.2) is 6.54 Å². The van der Waals surface area contributed by atoms with Crippen LogP contribution >= 0.6 is 0 Å². The van der Waals surface area contributed by atoms with Gasteiger partial charge in [0.1, 0.15) is 5.82 Å². The Hall–Kier alpha value is -0.930. The van der Waals surface area contributed by atoms with Crippen molar-refractivity contribution in [2.24, 2.45) is 11.5 Å². The lowest BCUT2D eigenvalue weighted by Crippen LogP contribution is -2.16. The van der Waals surface area contributed by atoms with Crippen LogP contribution < -0.4 is 11.5 Å². The quantitative estimate of drug-likeness (QED) is 0.744. The Labute approximate surface area is 77.7 Å². The molecule has 0 heterocycles. The zero-order valence-electron chi connectivity index (χ0n) is 7.76. The Bertz CT molecular complexity index is 286. The van der Waals surface area contributed by atoms with Gasteiger partial charge < -0.3 is 11.5 Å². The van der Waals surface area contributed by atoms with Crippen molar-refractivity contribution in [2.45, 2.75) is 19.4 Å². The van der Waals surface area contributed by atoms with Gasteiger partial charge in [0.2, 0.25) is 0 Å². The van der Waals surface area contributed by atoms with Crippen LogP contribution in [0.15, 0.2) is 18.2 Å². The molecule has 0 aromatic heterocycles. The van der Waals surface area contributed by atoms with Crippen molar-refractivity contribution in [3.8, 4) is 0 Å². The fraction of sp³-hybridized carbons (Fsp3) is 0.400. The molecular weight excluding hydrogens is 167 g/mol. The highest BCUT2D eigenvalue weighted by Gasteiger charge is 2.09. The summed E-state index contributed by atoms with van der Waals surface area (Å²) >= 11 is 0. The number of hydrogen-bond acceptors (Lipinski definition) is 2. The smallest absolute Gasteiger partial charge is 0.126 e. The first-order chi connectivity index (χ1) is 6.16. The van der Waals surface area contributed by atoms with E-state index in [1.807, 2.05) is 6.07 Å². The molecule has 0 spiro atoms. The molecule has 0 unspecified atom stereocenters. The number of hydrogen-bond donors (Lipinski definition) is 2. The number of halogens is 1. The average Bonchev–Trinajstić information content (AvgIpc) is 2.10. The minimum atomic E-state index is -0.204. The maximum absolute atomic E-state index is 13.1. The first-order valence-electron chi connectivity index (χ1n) is 4.37. The van der Waals surface area contributed by atoms with Gasteiger partial charge in [0.15, 0.2) is 0 Å². The monoisotopic (exact) mass is 182 g/mol. The number of nitrogens with two attached hydrogens (primary N) is 2. The molecule has 0 aliphatic carbocycles. The van der Waals surface area contributed by atoms with E-state index >= 15 is 0 Å². The number of rotatable bonds is 3. The summed E-state index contributed by atoms with van der Waals surface area (Å²) in [7, 11) is 0. The van der Waals surface area contributed by atoms with Crippen LogP contribution in [0, 0.1) is 12.7 Å². The zero-order valence-corrected chi connectivity index (χ0v) is 7.76. The summed E-state index contributed by atoms with van der Waals surface area (Å²) in [4.78, 5) is 0.